The van der Waals surface area contributed by atoms with Crippen molar-refractivity contribution in [3.05, 3.63) is 91.0 Å². The van der Waals surface area contributed by atoms with Crippen LogP contribution in [-0.2, 0) is 0 Å². The number of hydrogen-bond donors (Lipinski definition) is 0. The Morgan fingerprint density at radius 1 is 0.640 bits per heavy atom. The third-order valence-electron chi connectivity index (χ3n) is 4.03. The highest BCUT2D eigenvalue weighted by Crippen LogP contribution is 2.27. The van der Waals surface area contributed by atoms with E-state index in [4.69, 9.17) is 4.42 Å². The lowest BCUT2D eigenvalue weighted by molar-refractivity contribution is 0.584. The molecule has 0 N–H and O–H groups in total. The van der Waals surface area contributed by atoms with Crippen molar-refractivity contribution in [2.24, 2.45) is 0 Å². The van der Waals surface area contributed by atoms with E-state index in [9.17, 15) is 0 Å². The van der Waals surface area contributed by atoms with Gasteiger partial charge in [0.1, 0.15) is 0 Å². The largest absolute Gasteiger partial charge is 0.416 e. The first-order valence-electron chi connectivity index (χ1n) is 8.06. The Morgan fingerprint density at radius 3 is 1.96 bits per heavy atom. The first kappa shape index (κ1) is 15.1. The van der Waals surface area contributed by atoms with Crippen molar-refractivity contribution in [1.29, 1.82) is 0 Å². The van der Waals surface area contributed by atoms with Crippen molar-refractivity contribution in [2.45, 2.75) is 0 Å². The molecule has 0 atom stereocenters. The average Bonchev–Trinajstić information content (AvgIpc) is 3.19. The second kappa shape index (κ2) is 6.57. The minimum Gasteiger partial charge on any atom is -0.416 e. The van der Waals surface area contributed by atoms with Crippen LogP contribution in [0, 0.1) is 0 Å². The monoisotopic (exact) mass is 324 g/mol. The molecule has 4 rings (SSSR count). The van der Waals surface area contributed by atoms with Crippen molar-refractivity contribution in [2.75, 3.05) is 0 Å². The zero-order chi connectivity index (χ0) is 17.1. The van der Waals surface area contributed by atoms with Gasteiger partial charge in [-0.1, -0.05) is 67.3 Å². The molecule has 0 spiro atoms. The fourth-order valence-corrected chi connectivity index (χ4v) is 2.69. The highest BCUT2D eigenvalue weighted by molar-refractivity contribution is 5.68. The van der Waals surface area contributed by atoms with Gasteiger partial charge in [-0.3, -0.25) is 0 Å². The Hall–Kier alpha value is -3.46. The van der Waals surface area contributed by atoms with E-state index in [2.05, 4.69) is 41.0 Å². The lowest BCUT2D eigenvalue weighted by atomic mass is 10.0. The Bertz CT molecular complexity index is 1000. The second-order valence-electron chi connectivity index (χ2n) is 5.69. The normalized spacial score (nSPS) is 10.6. The number of aromatic nitrogens is 2. The van der Waals surface area contributed by atoms with E-state index >= 15 is 0 Å². The standard InChI is InChI=1S/C22H16N2O/c1-2-16-7-6-10-20(15-16)22-24-23-21(25-22)19-13-11-18(12-14-19)17-8-4-3-5-9-17/h2-15H,1H2. The van der Waals surface area contributed by atoms with Gasteiger partial charge >= 0.3 is 0 Å². The van der Waals surface area contributed by atoms with Crippen LogP contribution in [0.25, 0.3) is 40.1 Å². The fourth-order valence-electron chi connectivity index (χ4n) is 2.69. The van der Waals surface area contributed by atoms with E-state index in [0.29, 0.717) is 11.8 Å². The van der Waals surface area contributed by atoms with Crippen LogP contribution in [0.4, 0.5) is 0 Å². The zero-order valence-electron chi connectivity index (χ0n) is 13.6. The summed E-state index contributed by atoms with van der Waals surface area (Å²) >= 11 is 0. The third kappa shape index (κ3) is 3.12. The predicted octanol–water partition coefficient (Wildman–Crippen LogP) is 5.71. The quantitative estimate of drug-likeness (QED) is 0.482. The molecule has 25 heavy (non-hydrogen) atoms. The topological polar surface area (TPSA) is 38.9 Å². The molecule has 1 heterocycles. The van der Waals surface area contributed by atoms with E-state index in [1.807, 2.05) is 54.6 Å². The molecule has 0 amide bonds. The molecule has 0 aliphatic heterocycles. The summed E-state index contributed by atoms with van der Waals surface area (Å²) in [4.78, 5) is 0. The highest BCUT2D eigenvalue weighted by atomic mass is 16.4. The third-order valence-corrected chi connectivity index (χ3v) is 4.03. The summed E-state index contributed by atoms with van der Waals surface area (Å²) in [6.07, 6.45) is 1.79. The van der Waals surface area contributed by atoms with Crippen LogP contribution in [-0.4, -0.2) is 10.2 Å². The van der Waals surface area contributed by atoms with Gasteiger partial charge in [0.15, 0.2) is 0 Å². The van der Waals surface area contributed by atoms with Crippen molar-refractivity contribution >= 4 is 6.08 Å². The molecule has 3 aromatic carbocycles. The molecule has 3 nitrogen and oxygen atoms in total. The van der Waals surface area contributed by atoms with Crippen molar-refractivity contribution < 1.29 is 4.42 Å². The van der Waals surface area contributed by atoms with E-state index in [-0.39, 0.29) is 0 Å². The molecule has 3 heteroatoms. The Labute approximate surface area is 146 Å². The van der Waals surface area contributed by atoms with E-state index in [1.165, 1.54) is 5.56 Å². The van der Waals surface area contributed by atoms with E-state index < -0.39 is 0 Å². The van der Waals surface area contributed by atoms with E-state index in [1.54, 1.807) is 6.08 Å². The maximum Gasteiger partial charge on any atom is 0.248 e. The summed E-state index contributed by atoms with van der Waals surface area (Å²) < 4.78 is 5.84. The van der Waals surface area contributed by atoms with Crippen molar-refractivity contribution in [3.8, 4) is 34.0 Å². The van der Waals surface area contributed by atoms with Crippen LogP contribution in [0.2, 0.25) is 0 Å². The molecule has 0 radical (unpaired) electrons. The van der Waals surface area contributed by atoms with Gasteiger partial charge in [0.25, 0.3) is 0 Å². The van der Waals surface area contributed by atoms with Crippen molar-refractivity contribution in [3.63, 3.8) is 0 Å². The van der Waals surface area contributed by atoms with Crippen LogP contribution < -0.4 is 0 Å². The summed E-state index contributed by atoms with van der Waals surface area (Å²) in [5, 5.41) is 8.35. The number of benzene rings is 3. The second-order valence-corrected chi connectivity index (χ2v) is 5.69. The molecule has 1 aromatic heterocycles. The van der Waals surface area contributed by atoms with Gasteiger partial charge in [0.2, 0.25) is 11.8 Å². The van der Waals surface area contributed by atoms with Crippen LogP contribution in [0.15, 0.2) is 89.9 Å². The molecule has 0 aliphatic carbocycles. The zero-order valence-corrected chi connectivity index (χ0v) is 13.6. The molecule has 0 saturated heterocycles. The highest BCUT2D eigenvalue weighted by Gasteiger charge is 2.10. The summed E-state index contributed by atoms with van der Waals surface area (Å²) in [7, 11) is 0. The van der Waals surface area contributed by atoms with Gasteiger partial charge in [-0.25, -0.2) is 0 Å². The first-order chi connectivity index (χ1) is 12.3. The summed E-state index contributed by atoms with van der Waals surface area (Å²) in [5.74, 6) is 1.02. The molecular weight excluding hydrogens is 308 g/mol. The van der Waals surface area contributed by atoms with Gasteiger partial charge in [-0.2, -0.15) is 0 Å². The Balaban J connectivity index is 1.63. The molecule has 0 unspecified atom stereocenters. The van der Waals surface area contributed by atoms with Gasteiger partial charge in [-0.05, 0) is 41.0 Å². The van der Waals surface area contributed by atoms with Gasteiger partial charge < -0.3 is 4.42 Å². The first-order valence-corrected chi connectivity index (χ1v) is 8.06. The van der Waals surface area contributed by atoms with Gasteiger partial charge in [0.05, 0.1) is 0 Å². The van der Waals surface area contributed by atoms with Gasteiger partial charge in [-0.15, -0.1) is 10.2 Å². The maximum absolute atomic E-state index is 5.84. The predicted molar refractivity (Wildman–Crippen MR) is 101 cm³/mol. The van der Waals surface area contributed by atoms with Crippen molar-refractivity contribution in [1.82, 2.24) is 10.2 Å². The smallest absolute Gasteiger partial charge is 0.248 e. The summed E-state index contributed by atoms with van der Waals surface area (Å²) in [6.45, 7) is 3.79. The molecule has 0 bridgehead atoms. The average molecular weight is 324 g/mol. The molecule has 4 aromatic rings. The molecule has 0 fully saturated rings. The maximum atomic E-state index is 5.84. The minimum atomic E-state index is 0.505. The lowest BCUT2D eigenvalue weighted by Gasteiger charge is -2.02. The summed E-state index contributed by atoms with van der Waals surface area (Å²) in [6, 6.07) is 26.2. The van der Waals surface area contributed by atoms with Crippen LogP contribution in [0.3, 0.4) is 0 Å². The molecule has 0 aliphatic rings. The Morgan fingerprint density at radius 2 is 1.24 bits per heavy atom. The van der Waals surface area contributed by atoms with Crippen LogP contribution in [0.1, 0.15) is 5.56 Å². The van der Waals surface area contributed by atoms with E-state index in [0.717, 1.165) is 22.3 Å². The number of rotatable bonds is 4. The SMILES string of the molecule is C=Cc1cccc(-c2nnc(-c3ccc(-c4ccccc4)cc3)o2)c1. The molecule has 0 saturated carbocycles. The fraction of sp³-hybridized carbons (Fsp3) is 0. The van der Waals surface area contributed by atoms with Crippen LogP contribution in [0.5, 0.6) is 0 Å². The molecule has 120 valence electrons. The minimum absolute atomic E-state index is 0.505. The van der Waals surface area contributed by atoms with Crippen LogP contribution >= 0.6 is 0 Å². The lowest BCUT2D eigenvalue weighted by Crippen LogP contribution is -1.80. The number of hydrogen-bond acceptors (Lipinski definition) is 3. The molecular formula is C22H16N2O. The Kier molecular flexibility index (Phi) is 3.97. The summed E-state index contributed by atoms with van der Waals surface area (Å²) in [5.41, 5.74) is 5.14. The van der Waals surface area contributed by atoms with Gasteiger partial charge in [0, 0.05) is 11.1 Å². The number of nitrogens with zero attached hydrogens (tertiary/aromatic N) is 2.